The zero-order valence-electron chi connectivity index (χ0n) is 14.4. The number of hydrogen-bond acceptors (Lipinski definition) is 2. The molecular weight excluding hydrogens is 312 g/mol. The van der Waals surface area contributed by atoms with Crippen LogP contribution in [0.4, 0.5) is 0 Å². The number of benzene rings is 1. The summed E-state index contributed by atoms with van der Waals surface area (Å²) >= 11 is 0. The second kappa shape index (κ2) is 6.14. The van der Waals surface area contributed by atoms with E-state index in [2.05, 4.69) is 37.8 Å². The van der Waals surface area contributed by atoms with Gasteiger partial charge >= 0.3 is 0 Å². The van der Waals surface area contributed by atoms with E-state index >= 15 is 0 Å². The second-order valence-electron chi connectivity index (χ2n) is 6.82. The van der Waals surface area contributed by atoms with Gasteiger partial charge in [0.2, 0.25) is 0 Å². The minimum atomic E-state index is -1.73. The highest BCUT2D eigenvalue weighted by molar-refractivity contribution is 6.89. The van der Waals surface area contributed by atoms with Crippen LogP contribution in [0.2, 0.25) is 19.6 Å². The Kier molecular flexibility index (Phi) is 4.17. The summed E-state index contributed by atoms with van der Waals surface area (Å²) in [5.41, 5.74) is 3.26. The molecule has 2 nitrogen and oxygen atoms in total. The van der Waals surface area contributed by atoms with Crippen molar-refractivity contribution in [1.29, 1.82) is 0 Å². The Labute approximate surface area is 144 Å². The van der Waals surface area contributed by atoms with Gasteiger partial charge in [-0.25, -0.2) is 0 Å². The molecule has 0 aliphatic heterocycles. The van der Waals surface area contributed by atoms with Gasteiger partial charge in [0, 0.05) is 22.3 Å². The van der Waals surface area contributed by atoms with E-state index in [0.29, 0.717) is 5.75 Å². The van der Waals surface area contributed by atoms with Crippen molar-refractivity contribution in [3.63, 3.8) is 0 Å². The van der Waals surface area contributed by atoms with Crippen LogP contribution in [0, 0.1) is 12.1 Å². The lowest BCUT2D eigenvalue weighted by molar-refractivity contribution is 0.104. The zero-order chi connectivity index (χ0) is 17.3. The van der Waals surface area contributed by atoms with Gasteiger partial charge in [0.25, 0.3) is 0 Å². The van der Waals surface area contributed by atoms with E-state index in [1.807, 2.05) is 42.5 Å². The van der Waals surface area contributed by atoms with Crippen molar-refractivity contribution in [3.05, 3.63) is 71.8 Å². The van der Waals surface area contributed by atoms with Gasteiger partial charge < -0.3 is 4.74 Å². The molecule has 120 valence electrons. The van der Waals surface area contributed by atoms with Crippen molar-refractivity contribution in [2.75, 3.05) is 7.11 Å². The fourth-order valence-corrected chi connectivity index (χ4v) is 4.54. The van der Waals surface area contributed by atoms with Gasteiger partial charge in [-0.05, 0) is 17.3 Å². The Morgan fingerprint density at radius 1 is 0.875 bits per heavy atom. The molecule has 2 aromatic carbocycles. The molecule has 0 fully saturated rings. The summed E-state index contributed by atoms with van der Waals surface area (Å²) in [6.45, 7) is 6.76. The molecule has 0 saturated carbocycles. The Bertz CT molecular complexity index is 862. The van der Waals surface area contributed by atoms with Crippen LogP contribution in [0.1, 0.15) is 15.9 Å². The third kappa shape index (κ3) is 2.81. The van der Waals surface area contributed by atoms with Gasteiger partial charge in [0.05, 0.1) is 15.2 Å². The Hall–Kier alpha value is -2.57. The van der Waals surface area contributed by atoms with Gasteiger partial charge in [0.1, 0.15) is 0 Å². The fourth-order valence-electron chi connectivity index (χ4n) is 2.96. The van der Waals surface area contributed by atoms with Crippen molar-refractivity contribution in [3.8, 4) is 16.9 Å². The number of rotatable bonds is 2. The normalized spacial score (nSPS) is 11.9. The first-order valence-corrected chi connectivity index (χ1v) is 11.5. The van der Waals surface area contributed by atoms with E-state index in [9.17, 15) is 4.79 Å². The Morgan fingerprint density at radius 3 is 2.17 bits per heavy atom. The number of ketones is 1. The number of ether oxygens (including phenoxy) is 1. The first-order chi connectivity index (χ1) is 11.4. The lowest BCUT2D eigenvalue weighted by Gasteiger charge is -2.18. The summed E-state index contributed by atoms with van der Waals surface area (Å²) in [6, 6.07) is 21.8. The molecule has 0 spiro atoms. The van der Waals surface area contributed by atoms with E-state index in [0.717, 1.165) is 27.4 Å². The minimum absolute atomic E-state index is 0.0838. The topological polar surface area (TPSA) is 26.3 Å². The van der Waals surface area contributed by atoms with Gasteiger partial charge in [-0.1, -0.05) is 68.2 Å². The number of hydrogen-bond donors (Lipinski definition) is 0. The van der Waals surface area contributed by atoms with Crippen LogP contribution in [-0.2, 0) is 0 Å². The van der Waals surface area contributed by atoms with Crippen molar-refractivity contribution in [2.24, 2.45) is 0 Å². The molecule has 2 aromatic rings. The van der Waals surface area contributed by atoms with Gasteiger partial charge in [-0.2, -0.15) is 0 Å². The standard InChI is InChI=1S/C21H20O2Si/c1-23-15-9-5-8-12-19(24(2,3)4)20-17(14-13-15)16-10-6-7-11-18(16)21(20)22/h5-12H,1-4H3. The average Bonchev–Trinajstić information content (AvgIpc) is 2.83. The van der Waals surface area contributed by atoms with Crippen LogP contribution in [0.3, 0.4) is 0 Å². The SMILES string of the molecule is COc1c#cc2c(c([Si](C)(C)C)cccc1)C(=O)c1ccccc1-2. The number of carbonyl (C=O) groups excluding carboxylic acids is 1. The summed E-state index contributed by atoms with van der Waals surface area (Å²) in [5.74, 6) is 0.667. The molecule has 1 aliphatic rings. The lowest BCUT2D eigenvalue weighted by Crippen LogP contribution is -2.40. The molecule has 0 saturated heterocycles. The summed E-state index contributed by atoms with van der Waals surface area (Å²) in [4.78, 5) is 13.1. The third-order valence-electron chi connectivity index (χ3n) is 4.15. The zero-order valence-corrected chi connectivity index (χ0v) is 15.4. The maximum atomic E-state index is 13.1. The van der Waals surface area contributed by atoms with E-state index in [-0.39, 0.29) is 5.78 Å². The minimum Gasteiger partial charge on any atom is -0.489 e. The molecule has 0 atom stereocenters. The predicted molar refractivity (Wildman–Crippen MR) is 100 cm³/mol. The summed E-state index contributed by atoms with van der Waals surface area (Å²) in [7, 11) is -0.127. The quantitative estimate of drug-likeness (QED) is 0.658. The molecule has 24 heavy (non-hydrogen) atoms. The van der Waals surface area contributed by atoms with Crippen LogP contribution < -0.4 is 9.92 Å². The summed E-state index contributed by atoms with van der Waals surface area (Å²) < 4.78 is 5.30. The molecule has 1 aliphatic carbocycles. The van der Waals surface area contributed by atoms with Crippen molar-refractivity contribution >= 4 is 19.0 Å². The van der Waals surface area contributed by atoms with Crippen LogP contribution in [0.5, 0.6) is 5.75 Å². The molecule has 0 heterocycles. The molecule has 0 amide bonds. The molecule has 0 aromatic heterocycles. The highest BCUT2D eigenvalue weighted by Gasteiger charge is 2.32. The van der Waals surface area contributed by atoms with Gasteiger partial charge in [-0.15, -0.1) is 0 Å². The van der Waals surface area contributed by atoms with Crippen LogP contribution in [-0.4, -0.2) is 21.0 Å². The molecular formula is C21H20O2Si. The predicted octanol–water partition coefficient (Wildman–Crippen LogP) is 4.18. The molecule has 0 unspecified atom stereocenters. The highest BCUT2D eigenvalue weighted by Crippen LogP contribution is 2.34. The molecule has 3 heteroatoms. The number of methoxy groups -OCH3 is 1. The Balaban J connectivity index is 2.45. The lowest BCUT2D eigenvalue weighted by atomic mass is 10.1. The maximum Gasteiger partial charge on any atom is 0.194 e. The molecule has 0 radical (unpaired) electrons. The largest absolute Gasteiger partial charge is 0.489 e. The maximum absolute atomic E-state index is 13.1. The molecule has 0 bridgehead atoms. The third-order valence-corrected chi connectivity index (χ3v) is 6.18. The molecule has 0 N–H and O–H groups in total. The first kappa shape index (κ1) is 16.3. The highest BCUT2D eigenvalue weighted by atomic mass is 28.3. The number of carbonyl (C=O) groups is 1. The van der Waals surface area contributed by atoms with E-state index in [4.69, 9.17) is 4.74 Å². The van der Waals surface area contributed by atoms with E-state index in [1.54, 1.807) is 7.11 Å². The van der Waals surface area contributed by atoms with Crippen LogP contribution in [0.15, 0.2) is 48.5 Å². The second-order valence-corrected chi connectivity index (χ2v) is 11.9. The summed E-state index contributed by atoms with van der Waals surface area (Å²) in [6.07, 6.45) is 0. The van der Waals surface area contributed by atoms with Gasteiger partial charge in [-0.3, -0.25) is 4.79 Å². The smallest absolute Gasteiger partial charge is 0.194 e. The molecule has 3 rings (SSSR count). The fraction of sp³-hybridized carbons (Fsp3) is 0.190. The van der Waals surface area contributed by atoms with Crippen LogP contribution >= 0.6 is 0 Å². The Morgan fingerprint density at radius 2 is 1.50 bits per heavy atom. The van der Waals surface area contributed by atoms with Gasteiger partial charge in [0.15, 0.2) is 11.5 Å². The van der Waals surface area contributed by atoms with Crippen LogP contribution in [0.25, 0.3) is 11.1 Å². The average molecular weight is 332 g/mol. The monoisotopic (exact) mass is 332 g/mol. The van der Waals surface area contributed by atoms with E-state index in [1.165, 1.54) is 0 Å². The first-order valence-electron chi connectivity index (χ1n) is 7.97. The van der Waals surface area contributed by atoms with Crippen molar-refractivity contribution in [2.45, 2.75) is 19.6 Å². The van der Waals surface area contributed by atoms with Crippen molar-refractivity contribution in [1.82, 2.24) is 0 Å². The van der Waals surface area contributed by atoms with E-state index < -0.39 is 8.07 Å². The number of fused-ring (bicyclic) bond motifs is 3. The van der Waals surface area contributed by atoms with Crippen molar-refractivity contribution < 1.29 is 9.53 Å². The summed E-state index contributed by atoms with van der Waals surface area (Å²) in [5, 5.41) is 1.14.